The molecule has 1 aromatic carbocycles. The third kappa shape index (κ3) is 3.85. The minimum Gasteiger partial charge on any atom is -0.367 e. The molecule has 0 saturated carbocycles. The number of carbonyl (C=O) groups is 2. The number of ether oxygens (including phenoxy) is 1. The molecule has 2 heterocycles. The maximum Gasteiger partial charge on any atom is 0.274 e. The Hall–Kier alpha value is -2.44. The van der Waals surface area contributed by atoms with Crippen LogP contribution in [-0.2, 0) is 9.57 Å². The lowest BCUT2D eigenvalue weighted by atomic mass is 10.0. The number of amides is 1. The van der Waals surface area contributed by atoms with Gasteiger partial charge in [-0.1, -0.05) is 12.1 Å². The van der Waals surface area contributed by atoms with Crippen molar-refractivity contribution in [1.29, 1.82) is 0 Å². The topological polar surface area (TPSA) is 80.4 Å². The second-order valence-electron chi connectivity index (χ2n) is 5.35. The highest BCUT2D eigenvalue weighted by Crippen LogP contribution is 2.13. The Balaban J connectivity index is 1.58. The quantitative estimate of drug-likeness (QED) is 0.656. The standard InChI is InChI=1S/C17H18N2O4/c20-16(14-8-9-18-11-14)12-4-6-13(7-5-12)17(21)19-23-15-3-1-2-10-22-15/h4-9,11,15,18H,1-3,10H2,(H,19,21). The lowest BCUT2D eigenvalue weighted by molar-refractivity contribution is -0.186. The van der Waals surface area contributed by atoms with E-state index in [1.807, 2.05) is 0 Å². The van der Waals surface area contributed by atoms with E-state index in [-0.39, 0.29) is 18.0 Å². The molecule has 0 radical (unpaired) electrons. The Labute approximate surface area is 133 Å². The molecule has 1 amide bonds. The lowest BCUT2D eigenvalue weighted by Gasteiger charge is -2.22. The maximum atomic E-state index is 12.2. The van der Waals surface area contributed by atoms with Gasteiger partial charge in [0, 0.05) is 42.1 Å². The average Bonchev–Trinajstić information content (AvgIpc) is 3.15. The van der Waals surface area contributed by atoms with Gasteiger partial charge < -0.3 is 9.72 Å². The number of H-pyrrole nitrogens is 1. The Bertz CT molecular complexity index is 658. The molecule has 1 aliphatic heterocycles. The second-order valence-corrected chi connectivity index (χ2v) is 5.35. The van der Waals surface area contributed by atoms with E-state index in [0.29, 0.717) is 23.3 Å². The van der Waals surface area contributed by atoms with Gasteiger partial charge in [-0.3, -0.25) is 9.59 Å². The van der Waals surface area contributed by atoms with Crippen molar-refractivity contribution in [3.63, 3.8) is 0 Å². The van der Waals surface area contributed by atoms with Crippen LogP contribution in [0.2, 0.25) is 0 Å². The van der Waals surface area contributed by atoms with E-state index in [0.717, 1.165) is 19.3 Å². The van der Waals surface area contributed by atoms with Crippen LogP contribution in [0.25, 0.3) is 0 Å². The van der Waals surface area contributed by atoms with Gasteiger partial charge in [0.2, 0.25) is 0 Å². The highest BCUT2D eigenvalue weighted by Gasteiger charge is 2.16. The van der Waals surface area contributed by atoms with Gasteiger partial charge in [0.05, 0.1) is 0 Å². The van der Waals surface area contributed by atoms with Crippen LogP contribution in [0.5, 0.6) is 0 Å². The molecule has 1 aliphatic rings. The van der Waals surface area contributed by atoms with Gasteiger partial charge in [0.1, 0.15) is 0 Å². The monoisotopic (exact) mass is 314 g/mol. The summed E-state index contributed by atoms with van der Waals surface area (Å²) in [5.74, 6) is -0.454. The van der Waals surface area contributed by atoms with Gasteiger partial charge in [0.15, 0.2) is 12.1 Å². The van der Waals surface area contributed by atoms with Crippen molar-refractivity contribution in [2.24, 2.45) is 0 Å². The summed E-state index contributed by atoms with van der Waals surface area (Å²) in [6, 6.07) is 8.16. The van der Waals surface area contributed by atoms with Crippen LogP contribution in [0.3, 0.4) is 0 Å². The van der Waals surface area contributed by atoms with Crippen LogP contribution in [0.4, 0.5) is 0 Å². The van der Waals surface area contributed by atoms with Gasteiger partial charge >= 0.3 is 0 Å². The number of benzene rings is 1. The fraction of sp³-hybridized carbons (Fsp3) is 0.294. The fourth-order valence-electron chi connectivity index (χ4n) is 2.39. The summed E-state index contributed by atoms with van der Waals surface area (Å²) in [5.41, 5.74) is 3.92. The van der Waals surface area contributed by atoms with E-state index in [1.165, 1.54) is 0 Å². The normalized spacial score (nSPS) is 17.7. The van der Waals surface area contributed by atoms with E-state index in [4.69, 9.17) is 9.57 Å². The average molecular weight is 314 g/mol. The van der Waals surface area contributed by atoms with E-state index in [2.05, 4.69) is 10.5 Å². The molecule has 1 saturated heterocycles. The minimum atomic E-state index is -0.387. The van der Waals surface area contributed by atoms with Crippen molar-refractivity contribution in [2.75, 3.05) is 6.61 Å². The summed E-state index contributed by atoms with van der Waals surface area (Å²) in [5, 5.41) is 0. The number of carbonyl (C=O) groups excluding carboxylic acids is 2. The van der Waals surface area contributed by atoms with Crippen LogP contribution < -0.4 is 5.48 Å². The first kappa shape index (κ1) is 15.5. The maximum absolute atomic E-state index is 12.2. The predicted molar refractivity (Wildman–Crippen MR) is 82.8 cm³/mol. The number of nitrogens with one attached hydrogen (secondary N) is 2. The molecule has 2 N–H and O–H groups in total. The van der Waals surface area contributed by atoms with Crippen LogP contribution in [0.15, 0.2) is 42.7 Å². The molecular formula is C17H18N2O4. The van der Waals surface area contributed by atoms with Gasteiger partial charge in [-0.2, -0.15) is 0 Å². The third-order valence-electron chi connectivity index (χ3n) is 3.69. The molecule has 0 aliphatic carbocycles. The summed E-state index contributed by atoms with van der Waals surface area (Å²) >= 11 is 0. The first-order valence-electron chi connectivity index (χ1n) is 7.59. The van der Waals surface area contributed by atoms with Crippen molar-refractivity contribution in [3.8, 4) is 0 Å². The summed E-state index contributed by atoms with van der Waals surface area (Å²) in [6.07, 6.45) is 5.76. The molecule has 1 aromatic heterocycles. The number of ketones is 1. The predicted octanol–water partition coefficient (Wildman–Crippen LogP) is 2.43. The SMILES string of the molecule is O=C(NOC1CCCCO1)c1ccc(C(=O)c2cc[nH]c2)cc1. The Morgan fingerprint density at radius 3 is 2.52 bits per heavy atom. The molecule has 1 atom stereocenters. The number of hydrogen-bond donors (Lipinski definition) is 2. The molecule has 0 spiro atoms. The zero-order chi connectivity index (χ0) is 16.1. The van der Waals surface area contributed by atoms with E-state index in [1.54, 1.807) is 42.7 Å². The molecule has 6 nitrogen and oxygen atoms in total. The molecule has 6 heteroatoms. The van der Waals surface area contributed by atoms with Gasteiger partial charge in [0.25, 0.3) is 5.91 Å². The van der Waals surface area contributed by atoms with Crippen LogP contribution >= 0.6 is 0 Å². The number of aromatic amines is 1. The van der Waals surface area contributed by atoms with Gasteiger partial charge in [-0.15, -0.1) is 0 Å². The molecule has 2 aromatic rings. The van der Waals surface area contributed by atoms with Crippen molar-refractivity contribution in [1.82, 2.24) is 10.5 Å². The van der Waals surface area contributed by atoms with Crippen molar-refractivity contribution in [2.45, 2.75) is 25.6 Å². The zero-order valence-corrected chi connectivity index (χ0v) is 12.6. The highest BCUT2D eigenvalue weighted by molar-refractivity contribution is 6.09. The van der Waals surface area contributed by atoms with E-state index in [9.17, 15) is 9.59 Å². The molecule has 1 fully saturated rings. The smallest absolute Gasteiger partial charge is 0.274 e. The van der Waals surface area contributed by atoms with Crippen molar-refractivity contribution < 1.29 is 19.2 Å². The first-order valence-corrected chi connectivity index (χ1v) is 7.59. The van der Waals surface area contributed by atoms with Crippen LogP contribution in [0.1, 0.15) is 45.5 Å². The second kappa shape index (κ2) is 7.21. The molecule has 120 valence electrons. The van der Waals surface area contributed by atoms with Crippen LogP contribution in [0, 0.1) is 0 Å². The Morgan fingerprint density at radius 1 is 1.09 bits per heavy atom. The molecule has 1 unspecified atom stereocenters. The van der Waals surface area contributed by atoms with Gasteiger partial charge in [-0.05, 0) is 31.0 Å². The van der Waals surface area contributed by atoms with E-state index < -0.39 is 0 Å². The largest absolute Gasteiger partial charge is 0.367 e. The summed E-state index contributed by atoms with van der Waals surface area (Å²) in [7, 11) is 0. The molecule has 0 bridgehead atoms. The van der Waals surface area contributed by atoms with Gasteiger partial charge in [-0.25, -0.2) is 10.3 Å². The summed E-state index contributed by atoms with van der Waals surface area (Å²) in [6.45, 7) is 0.649. The molecule has 23 heavy (non-hydrogen) atoms. The number of aromatic nitrogens is 1. The third-order valence-corrected chi connectivity index (χ3v) is 3.69. The van der Waals surface area contributed by atoms with Crippen molar-refractivity contribution in [3.05, 3.63) is 59.4 Å². The molecule has 3 rings (SSSR count). The lowest BCUT2D eigenvalue weighted by Crippen LogP contribution is -2.33. The first-order chi connectivity index (χ1) is 11.2. The fourth-order valence-corrected chi connectivity index (χ4v) is 2.39. The highest BCUT2D eigenvalue weighted by atomic mass is 16.8. The summed E-state index contributed by atoms with van der Waals surface area (Å²) < 4.78 is 5.37. The number of rotatable bonds is 5. The number of hydrogen-bond acceptors (Lipinski definition) is 4. The minimum absolute atomic E-state index is 0.0925. The Morgan fingerprint density at radius 2 is 1.87 bits per heavy atom. The van der Waals surface area contributed by atoms with Crippen LogP contribution in [-0.4, -0.2) is 29.6 Å². The van der Waals surface area contributed by atoms with E-state index >= 15 is 0 Å². The number of hydroxylamine groups is 1. The zero-order valence-electron chi connectivity index (χ0n) is 12.6. The molecular weight excluding hydrogens is 296 g/mol. The van der Waals surface area contributed by atoms with Crippen molar-refractivity contribution >= 4 is 11.7 Å². The Kier molecular flexibility index (Phi) is 4.85. The summed E-state index contributed by atoms with van der Waals surface area (Å²) in [4.78, 5) is 32.3.